The maximum absolute atomic E-state index is 12.4. The number of carbonyl (C=O) groups is 1. The van der Waals surface area contributed by atoms with Gasteiger partial charge in [0.1, 0.15) is 5.25 Å². The van der Waals surface area contributed by atoms with Gasteiger partial charge < -0.3 is 4.90 Å². The number of rotatable bonds is 4. The van der Waals surface area contributed by atoms with Gasteiger partial charge in [-0.1, -0.05) is 12.1 Å². The lowest BCUT2D eigenvalue weighted by Crippen LogP contribution is -2.29. The van der Waals surface area contributed by atoms with Crippen LogP contribution in [0.2, 0.25) is 0 Å². The van der Waals surface area contributed by atoms with E-state index in [0.717, 1.165) is 12.1 Å². The maximum atomic E-state index is 12.4. The SMILES string of the molecule is O=C1CC(S(=O)(=O)Cl)CN1CCc1ccc(C(F)(F)F)cc1. The van der Waals surface area contributed by atoms with E-state index in [0.29, 0.717) is 12.0 Å². The Morgan fingerprint density at radius 1 is 1.23 bits per heavy atom. The minimum Gasteiger partial charge on any atom is -0.341 e. The van der Waals surface area contributed by atoms with Crippen LogP contribution in [0.3, 0.4) is 0 Å². The van der Waals surface area contributed by atoms with E-state index < -0.39 is 26.0 Å². The van der Waals surface area contributed by atoms with Crippen molar-refractivity contribution >= 4 is 25.6 Å². The van der Waals surface area contributed by atoms with E-state index in [1.165, 1.54) is 17.0 Å². The maximum Gasteiger partial charge on any atom is 0.416 e. The lowest BCUT2D eigenvalue weighted by molar-refractivity contribution is -0.137. The number of likely N-dealkylation sites (tertiary alicyclic amines) is 1. The fraction of sp³-hybridized carbons (Fsp3) is 0.462. The molecule has 9 heteroatoms. The predicted octanol–water partition coefficient (Wildman–Crippen LogP) is 2.42. The molecule has 1 atom stereocenters. The number of hydrogen-bond donors (Lipinski definition) is 0. The minimum absolute atomic E-state index is 0.0191. The van der Waals surface area contributed by atoms with E-state index in [2.05, 4.69) is 0 Å². The molecule has 22 heavy (non-hydrogen) atoms. The highest BCUT2D eigenvalue weighted by molar-refractivity contribution is 8.14. The molecule has 0 N–H and O–H groups in total. The Morgan fingerprint density at radius 3 is 2.27 bits per heavy atom. The second-order valence-electron chi connectivity index (χ2n) is 5.09. The molecule has 1 amide bonds. The molecule has 0 spiro atoms. The largest absolute Gasteiger partial charge is 0.416 e. The van der Waals surface area contributed by atoms with E-state index in [1.54, 1.807) is 0 Å². The highest BCUT2D eigenvalue weighted by Gasteiger charge is 2.37. The zero-order chi connectivity index (χ0) is 16.5. The molecule has 4 nitrogen and oxygen atoms in total. The highest BCUT2D eigenvalue weighted by atomic mass is 35.7. The number of hydrogen-bond acceptors (Lipinski definition) is 3. The molecule has 0 aromatic heterocycles. The Balaban J connectivity index is 1.95. The van der Waals surface area contributed by atoms with Gasteiger partial charge in [-0.3, -0.25) is 4.79 Å². The van der Waals surface area contributed by atoms with Gasteiger partial charge in [-0.15, -0.1) is 0 Å². The molecule has 1 fully saturated rings. The van der Waals surface area contributed by atoms with Crippen molar-refractivity contribution in [1.29, 1.82) is 0 Å². The minimum atomic E-state index is -4.38. The van der Waals surface area contributed by atoms with Gasteiger partial charge in [-0.05, 0) is 24.1 Å². The average molecular weight is 356 g/mol. The topological polar surface area (TPSA) is 54.5 Å². The van der Waals surface area contributed by atoms with Crippen LogP contribution in [0.4, 0.5) is 13.2 Å². The fourth-order valence-corrected chi connectivity index (χ4v) is 3.32. The summed E-state index contributed by atoms with van der Waals surface area (Å²) in [4.78, 5) is 13.1. The summed E-state index contributed by atoms with van der Waals surface area (Å²) in [6.45, 7) is 0.262. The molecule has 1 aromatic rings. The van der Waals surface area contributed by atoms with Gasteiger partial charge in [-0.2, -0.15) is 13.2 Å². The summed E-state index contributed by atoms with van der Waals surface area (Å²) in [5.74, 6) is -0.318. The van der Waals surface area contributed by atoms with Crippen LogP contribution in [0.15, 0.2) is 24.3 Å². The van der Waals surface area contributed by atoms with Crippen LogP contribution in [-0.4, -0.2) is 37.6 Å². The van der Waals surface area contributed by atoms with Crippen molar-refractivity contribution in [3.63, 3.8) is 0 Å². The lowest BCUT2D eigenvalue weighted by Gasteiger charge is -2.16. The molecule has 0 aliphatic carbocycles. The fourth-order valence-electron chi connectivity index (χ4n) is 2.27. The molecular weight excluding hydrogens is 343 g/mol. The van der Waals surface area contributed by atoms with Crippen LogP contribution in [0.1, 0.15) is 17.5 Å². The van der Waals surface area contributed by atoms with E-state index in [1.807, 2.05) is 0 Å². The van der Waals surface area contributed by atoms with Crippen LogP contribution in [0, 0.1) is 0 Å². The van der Waals surface area contributed by atoms with Gasteiger partial charge in [-0.25, -0.2) is 8.42 Å². The van der Waals surface area contributed by atoms with Gasteiger partial charge in [0, 0.05) is 30.2 Å². The second-order valence-corrected chi connectivity index (χ2v) is 7.99. The van der Waals surface area contributed by atoms with E-state index in [-0.39, 0.29) is 25.4 Å². The lowest BCUT2D eigenvalue weighted by atomic mass is 10.1. The third-order valence-electron chi connectivity index (χ3n) is 3.53. The third kappa shape index (κ3) is 4.13. The first-order valence-corrected chi connectivity index (χ1v) is 8.82. The van der Waals surface area contributed by atoms with E-state index in [9.17, 15) is 26.4 Å². The van der Waals surface area contributed by atoms with Gasteiger partial charge in [0.15, 0.2) is 0 Å². The van der Waals surface area contributed by atoms with Crippen molar-refractivity contribution in [2.24, 2.45) is 0 Å². The first-order valence-electron chi connectivity index (χ1n) is 6.45. The number of nitrogens with zero attached hydrogens (tertiary/aromatic N) is 1. The monoisotopic (exact) mass is 355 g/mol. The normalized spacial score (nSPS) is 19.7. The van der Waals surface area contributed by atoms with Crippen molar-refractivity contribution in [3.05, 3.63) is 35.4 Å². The van der Waals surface area contributed by atoms with Crippen LogP contribution in [0.5, 0.6) is 0 Å². The summed E-state index contributed by atoms with van der Waals surface area (Å²) in [6, 6.07) is 4.65. The summed E-state index contributed by atoms with van der Waals surface area (Å²) < 4.78 is 59.7. The quantitative estimate of drug-likeness (QED) is 0.779. The Labute approximate surface area is 130 Å². The molecular formula is C13H13ClF3NO3S. The number of carbonyl (C=O) groups excluding carboxylic acids is 1. The zero-order valence-electron chi connectivity index (χ0n) is 11.3. The number of benzene rings is 1. The summed E-state index contributed by atoms with van der Waals surface area (Å²) in [5.41, 5.74) is -0.0974. The molecule has 1 heterocycles. The standard InChI is InChI=1S/C13H13ClF3NO3S/c14-22(20,21)11-7-12(19)18(8-11)6-5-9-1-3-10(4-2-9)13(15,16)17/h1-4,11H,5-8H2. The molecule has 1 aromatic carbocycles. The van der Waals surface area contributed by atoms with E-state index in [4.69, 9.17) is 10.7 Å². The molecule has 1 saturated heterocycles. The number of alkyl halides is 3. The molecule has 2 rings (SSSR count). The van der Waals surface area contributed by atoms with Crippen LogP contribution in [0.25, 0.3) is 0 Å². The number of amides is 1. The molecule has 1 aliphatic heterocycles. The van der Waals surface area contributed by atoms with Crippen molar-refractivity contribution < 1.29 is 26.4 Å². The molecule has 0 saturated carbocycles. The Morgan fingerprint density at radius 2 is 1.82 bits per heavy atom. The van der Waals surface area contributed by atoms with Gasteiger partial charge in [0.25, 0.3) is 0 Å². The predicted molar refractivity (Wildman–Crippen MR) is 74.9 cm³/mol. The van der Waals surface area contributed by atoms with Crippen molar-refractivity contribution in [3.8, 4) is 0 Å². The summed E-state index contributed by atoms with van der Waals surface area (Å²) in [6.07, 6.45) is -4.19. The van der Waals surface area contributed by atoms with Gasteiger partial charge in [0.2, 0.25) is 15.0 Å². The van der Waals surface area contributed by atoms with Gasteiger partial charge in [0.05, 0.1) is 5.56 Å². The summed E-state index contributed by atoms with van der Waals surface area (Å²) in [5, 5.41) is -0.922. The average Bonchev–Trinajstić information content (AvgIpc) is 2.77. The first kappa shape index (κ1) is 17.1. The van der Waals surface area contributed by atoms with Crippen LogP contribution < -0.4 is 0 Å². The molecule has 1 aliphatic rings. The van der Waals surface area contributed by atoms with Gasteiger partial charge >= 0.3 is 6.18 Å². The Kier molecular flexibility index (Phi) is 4.72. The molecule has 0 radical (unpaired) electrons. The highest BCUT2D eigenvalue weighted by Crippen LogP contribution is 2.29. The van der Waals surface area contributed by atoms with Crippen LogP contribution in [-0.2, 0) is 26.4 Å². The van der Waals surface area contributed by atoms with E-state index >= 15 is 0 Å². The molecule has 1 unspecified atom stereocenters. The van der Waals surface area contributed by atoms with Crippen molar-refractivity contribution in [1.82, 2.24) is 4.90 Å². The zero-order valence-corrected chi connectivity index (χ0v) is 12.9. The summed E-state index contributed by atoms with van der Waals surface area (Å²) >= 11 is 0. The van der Waals surface area contributed by atoms with Crippen molar-refractivity contribution in [2.45, 2.75) is 24.3 Å². The first-order chi connectivity index (χ1) is 10.1. The summed E-state index contributed by atoms with van der Waals surface area (Å²) in [7, 11) is 1.45. The Bertz CT molecular complexity index is 658. The van der Waals surface area contributed by atoms with Crippen LogP contribution >= 0.6 is 10.7 Å². The van der Waals surface area contributed by atoms with Crippen molar-refractivity contribution in [2.75, 3.05) is 13.1 Å². The third-order valence-corrected chi connectivity index (χ3v) is 5.40. The second kappa shape index (κ2) is 6.08. The Hall–Kier alpha value is -1.28. The molecule has 0 bridgehead atoms. The number of halogens is 4. The smallest absolute Gasteiger partial charge is 0.341 e. The molecule has 122 valence electrons.